The lowest BCUT2D eigenvalue weighted by molar-refractivity contribution is -0.278. The summed E-state index contributed by atoms with van der Waals surface area (Å²) < 4.78 is 51.1. The largest absolute Gasteiger partial charge is 0.443 e. The van der Waals surface area contributed by atoms with Gasteiger partial charge in [0.15, 0.2) is 0 Å². The van der Waals surface area contributed by atoms with E-state index in [4.69, 9.17) is 9.47 Å². The first-order valence-electron chi connectivity index (χ1n) is 9.49. The van der Waals surface area contributed by atoms with Gasteiger partial charge < -0.3 is 29.9 Å². The van der Waals surface area contributed by atoms with Crippen molar-refractivity contribution >= 4 is 11.8 Å². The molecule has 8 nitrogen and oxygen atoms in total. The zero-order valence-electron chi connectivity index (χ0n) is 16.4. The number of nitrogens with zero attached hydrogens (tertiary/aromatic N) is 1. The lowest BCUT2D eigenvalue weighted by Crippen LogP contribution is -2.60. The van der Waals surface area contributed by atoms with E-state index in [1.54, 1.807) is 36.0 Å². The first-order valence-corrected chi connectivity index (χ1v) is 10.5. The van der Waals surface area contributed by atoms with Crippen LogP contribution in [0, 0.1) is 0 Å². The molecule has 1 aromatic heterocycles. The minimum absolute atomic E-state index is 0.171. The number of ether oxygens (including phenoxy) is 2. The molecule has 0 spiro atoms. The molecular weight excluding hydrogens is 441 g/mol. The molecule has 3 rings (SSSR count). The molecule has 0 amide bonds. The Hall–Kier alpha value is -1.83. The number of thioether (sulfide) groups is 1. The normalized spacial score (nSPS) is 26.8. The third-order valence-corrected chi connectivity index (χ3v) is 5.70. The average molecular weight is 464 g/mol. The summed E-state index contributed by atoms with van der Waals surface area (Å²) >= 11 is 1.60. The summed E-state index contributed by atoms with van der Waals surface area (Å²) in [7, 11) is 0. The number of halogens is 3. The molecule has 1 aliphatic rings. The van der Waals surface area contributed by atoms with Crippen molar-refractivity contribution in [3.8, 4) is 5.88 Å². The Kier molecular flexibility index (Phi) is 7.50. The van der Waals surface area contributed by atoms with Gasteiger partial charge in [-0.25, -0.2) is 0 Å². The van der Waals surface area contributed by atoms with Crippen molar-refractivity contribution in [1.82, 2.24) is 10.2 Å². The maximum Gasteiger partial charge on any atom is 0.433 e. The Morgan fingerprint density at radius 2 is 1.81 bits per heavy atom. The molecule has 31 heavy (non-hydrogen) atoms. The number of benzene rings is 1. The van der Waals surface area contributed by atoms with E-state index in [0.717, 1.165) is 10.6 Å². The van der Waals surface area contributed by atoms with Crippen molar-refractivity contribution in [3.63, 3.8) is 0 Å². The molecule has 0 saturated carbocycles. The lowest BCUT2D eigenvalue weighted by Gasteiger charge is -2.39. The van der Waals surface area contributed by atoms with E-state index in [2.05, 4.69) is 5.10 Å². The predicted molar refractivity (Wildman–Crippen MR) is 104 cm³/mol. The van der Waals surface area contributed by atoms with Gasteiger partial charge >= 0.3 is 6.18 Å². The van der Waals surface area contributed by atoms with Crippen LogP contribution in [0.5, 0.6) is 5.88 Å². The quantitative estimate of drug-likeness (QED) is 0.388. The summed E-state index contributed by atoms with van der Waals surface area (Å²) in [6.45, 7) is 1.29. The Morgan fingerprint density at radius 3 is 2.39 bits per heavy atom. The van der Waals surface area contributed by atoms with Crippen molar-refractivity contribution in [2.45, 2.75) is 55.1 Å². The molecule has 172 valence electrons. The molecule has 12 heteroatoms. The van der Waals surface area contributed by atoms with Crippen molar-refractivity contribution in [3.05, 3.63) is 41.1 Å². The molecule has 2 aromatic rings. The van der Waals surface area contributed by atoms with Gasteiger partial charge in [-0.1, -0.05) is 19.1 Å². The highest BCUT2D eigenvalue weighted by atomic mass is 32.2. The minimum atomic E-state index is -4.74. The van der Waals surface area contributed by atoms with Gasteiger partial charge in [-0.05, 0) is 23.4 Å². The fourth-order valence-corrected chi connectivity index (χ4v) is 3.86. The molecule has 1 saturated heterocycles. The van der Waals surface area contributed by atoms with Gasteiger partial charge in [-0.2, -0.15) is 13.2 Å². The monoisotopic (exact) mass is 464 g/mol. The third-order valence-electron chi connectivity index (χ3n) is 4.80. The highest BCUT2D eigenvalue weighted by Gasteiger charge is 2.46. The van der Waals surface area contributed by atoms with Crippen molar-refractivity contribution < 1.29 is 43.1 Å². The fourth-order valence-electron chi connectivity index (χ4n) is 3.19. The van der Waals surface area contributed by atoms with Gasteiger partial charge in [-0.3, -0.25) is 5.10 Å². The maximum atomic E-state index is 13.5. The van der Waals surface area contributed by atoms with Gasteiger partial charge in [0.25, 0.3) is 0 Å². The Labute approximate surface area is 180 Å². The van der Waals surface area contributed by atoms with Crippen LogP contribution in [0.25, 0.3) is 0 Å². The zero-order valence-corrected chi connectivity index (χ0v) is 17.2. The molecular formula is C19H23F3N2O6S. The zero-order chi connectivity index (χ0) is 22.8. The number of aromatic nitrogens is 2. The molecule has 0 unspecified atom stereocenters. The Balaban J connectivity index is 1.88. The van der Waals surface area contributed by atoms with Crippen molar-refractivity contribution in [1.29, 1.82) is 0 Å². The van der Waals surface area contributed by atoms with E-state index in [-0.39, 0.29) is 12.0 Å². The van der Waals surface area contributed by atoms with Crippen LogP contribution in [0.2, 0.25) is 0 Å². The second-order valence-corrected chi connectivity index (χ2v) is 8.29. The van der Waals surface area contributed by atoms with E-state index in [0.29, 0.717) is 5.56 Å². The number of hydrogen-bond donors (Lipinski definition) is 5. The molecule has 5 atom stereocenters. The van der Waals surface area contributed by atoms with E-state index in [1.165, 1.54) is 0 Å². The molecule has 1 fully saturated rings. The number of aliphatic hydroxyl groups is 4. The van der Waals surface area contributed by atoms with Crippen LogP contribution in [0.4, 0.5) is 13.2 Å². The van der Waals surface area contributed by atoms with Crippen LogP contribution >= 0.6 is 11.8 Å². The van der Waals surface area contributed by atoms with Crippen LogP contribution in [0.15, 0.2) is 29.2 Å². The summed E-state index contributed by atoms with van der Waals surface area (Å²) in [6.07, 6.45) is -13.0. The number of nitrogens with one attached hydrogen (secondary N) is 1. The number of rotatable bonds is 7. The number of hydrogen-bond acceptors (Lipinski definition) is 8. The van der Waals surface area contributed by atoms with E-state index < -0.39 is 55.1 Å². The topological polar surface area (TPSA) is 128 Å². The van der Waals surface area contributed by atoms with E-state index >= 15 is 0 Å². The molecule has 1 aromatic carbocycles. The SMILES string of the molecule is CCSc1ccc(Cc2c(O[C@@H]3O[C@H](CO)[C@@H](O)[C@H](O)[C@H]3O)n[nH]c2C(F)(F)F)cc1. The summed E-state index contributed by atoms with van der Waals surface area (Å²) in [5.74, 6) is 0.389. The van der Waals surface area contributed by atoms with Crippen LogP contribution in [0.1, 0.15) is 23.7 Å². The highest BCUT2D eigenvalue weighted by molar-refractivity contribution is 7.99. The van der Waals surface area contributed by atoms with E-state index in [1.807, 2.05) is 12.0 Å². The first-order chi connectivity index (χ1) is 14.7. The molecule has 0 aliphatic carbocycles. The van der Waals surface area contributed by atoms with Gasteiger partial charge in [0, 0.05) is 11.3 Å². The molecule has 2 heterocycles. The van der Waals surface area contributed by atoms with Crippen LogP contribution in [-0.4, -0.2) is 73.7 Å². The second kappa shape index (κ2) is 9.76. The number of H-pyrrole nitrogens is 1. The number of alkyl halides is 3. The first kappa shape index (κ1) is 23.8. The Morgan fingerprint density at radius 1 is 1.13 bits per heavy atom. The van der Waals surface area contributed by atoms with Crippen LogP contribution in [0.3, 0.4) is 0 Å². The number of aliphatic hydroxyl groups excluding tert-OH is 4. The minimum Gasteiger partial charge on any atom is -0.443 e. The van der Waals surface area contributed by atoms with Gasteiger partial charge in [0.05, 0.1) is 12.2 Å². The molecule has 1 aliphatic heterocycles. The predicted octanol–water partition coefficient (Wildman–Crippen LogP) is 1.31. The van der Waals surface area contributed by atoms with Crippen LogP contribution in [-0.2, 0) is 17.3 Å². The number of aromatic amines is 1. The van der Waals surface area contributed by atoms with Gasteiger partial charge in [0.1, 0.15) is 30.1 Å². The summed E-state index contributed by atoms with van der Waals surface area (Å²) in [5, 5.41) is 44.6. The highest BCUT2D eigenvalue weighted by Crippen LogP contribution is 2.37. The van der Waals surface area contributed by atoms with Gasteiger partial charge in [0.2, 0.25) is 12.2 Å². The smallest absolute Gasteiger partial charge is 0.433 e. The summed E-state index contributed by atoms with van der Waals surface area (Å²) in [5.41, 5.74) is -0.842. The summed E-state index contributed by atoms with van der Waals surface area (Å²) in [4.78, 5) is 0.979. The fraction of sp³-hybridized carbons (Fsp3) is 0.526. The third kappa shape index (κ3) is 5.33. The Bertz CT molecular complexity index is 861. The van der Waals surface area contributed by atoms with Crippen LogP contribution < -0.4 is 4.74 Å². The molecule has 5 N–H and O–H groups in total. The van der Waals surface area contributed by atoms with E-state index in [9.17, 15) is 33.6 Å². The molecule has 0 radical (unpaired) electrons. The van der Waals surface area contributed by atoms with Crippen molar-refractivity contribution in [2.75, 3.05) is 12.4 Å². The van der Waals surface area contributed by atoms with Crippen molar-refractivity contribution in [2.24, 2.45) is 0 Å². The lowest BCUT2D eigenvalue weighted by atomic mass is 9.99. The maximum absolute atomic E-state index is 13.5. The summed E-state index contributed by atoms with van der Waals surface area (Å²) in [6, 6.07) is 7.00. The second-order valence-electron chi connectivity index (χ2n) is 6.95. The standard InChI is InChI=1S/C19H23F3N2O6S/c1-2-31-10-5-3-9(4-6-10)7-11-16(19(20,21)22)23-24-17(11)30-18-15(28)14(27)13(26)12(8-25)29-18/h3-6,12-15,18,25-28H,2,7-8H2,1H3,(H,23,24)/t12-,13-,14+,15-,18+/m1/s1. The average Bonchev–Trinajstić information content (AvgIpc) is 3.12. The molecule has 0 bridgehead atoms. The van der Waals surface area contributed by atoms with Gasteiger partial charge in [-0.15, -0.1) is 16.9 Å².